The highest BCUT2D eigenvalue weighted by atomic mass is 35.5. The molecule has 2 rings (SSSR count). The van der Waals surface area contributed by atoms with Gasteiger partial charge >= 0.3 is 5.97 Å². The van der Waals surface area contributed by atoms with E-state index in [0.717, 1.165) is 0 Å². The summed E-state index contributed by atoms with van der Waals surface area (Å²) >= 11 is 5.98. The van der Waals surface area contributed by atoms with E-state index in [1.54, 1.807) is 25.1 Å². The highest BCUT2D eigenvalue weighted by Crippen LogP contribution is 2.21. The van der Waals surface area contributed by atoms with Crippen molar-refractivity contribution in [2.75, 3.05) is 0 Å². The first-order valence-electron chi connectivity index (χ1n) is 5.88. The third kappa shape index (κ3) is 3.27. The average molecular weight is 295 g/mol. The Morgan fingerprint density at radius 3 is 2.65 bits per heavy atom. The van der Waals surface area contributed by atoms with E-state index in [2.05, 4.69) is 0 Å². The molecular formula is C15H12ClFO3. The molecule has 0 atom stereocenters. The lowest BCUT2D eigenvalue weighted by molar-refractivity contribution is 0.0697. The molecule has 0 aliphatic carbocycles. The van der Waals surface area contributed by atoms with E-state index in [0.29, 0.717) is 21.9 Å². The fourth-order valence-electron chi connectivity index (χ4n) is 1.62. The summed E-state index contributed by atoms with van der Waals surface area (Å²) in [6, 6.07) is 8.98. The number of carboxylic acid groups (broad SMARTS) is 1. The summed E-state index contributed by atoms with van der Waals surface area (Å²) in [6.45, 7) is 1.81. The van der Waals surface area contributed by atoms with Crippen molar-refractivity contribution >= 4 is 17.6 Å². The van der Waals surface area contributed by atoms with Crippen LogP contribution in [0.25, 0.3) is 0 Å². The van der Waals surface area contributed by atoms with Gasteiger partial charge in [-0.25, -0.2) is 9.18 Å². The van der Waals surface area contributed by atoms with Crippen molar-refractivity contribution in [3.63, 3.8) is 0 Å². The van der Waals surface area contributed by atoms with E-state index in [-0.39, 0.29) is 18.0 Å². The second-order valence-corrected chi connectivity index (χ2v) is 4.72. The van der Waals surface area contributed by atoms with Gasteiger partial charge < -0.3 is 9.84 Å². The van der Waals surface area contributed by atoms with Crippen molar-refractivity contribution in [1.82, 2.24) is 0 Å². The molecule has 0 fully saturated rings. The Morgan fingerprint density at radius 2 is 2.05 bits per heavy atom. The van der Waals surface area contributed by atoms with Crippen LogP contribution >= 0.6 is 11.6 Å². The van der Waals surface area contributed by atoms with Crippen LogP contribution in [0.2, 0.25) is 5.02 Å². The minimum Gasteiger partial charge on any atom is -0.489 e. The fraction of sp³-hybridized carbons (Fsp3) is 0.133. The van der Waals surface area contributed by atoms with E-state index in [1.165, 1.54) is 18.2 Å². The van der Waals surface area contributed by atoms with Crippen LogP contribution < -0.4 is 4.74 Å². The normalized spacial score (nSPS) is 10.3. The maximum atomic E-state index is 13.4. The minimum absolute atomic E-state index is 0.111. The molecule has 1 N–H and O–H groups in total. The number of hydrogen-bond acceptors (Lipinski definition) is 2. The predicted molar refractivity (Wildman–Crippen MR) is 73.9 cm³/mol. The number of ether oxygens (including phenoxy) is 1. The van der Waals surface area contributed by atoms with Gasteiger partial charge in [0.15, 0.2) is 0 Å². The van der Waals surface area contributed by atoms with Crippen LogP contribution in [-0.2, 0) is 6.61 Å². The van der Waals surface area contributed by atoms with E-state index in [1.807, 2.05) is 0 Å². The maximum Gasteiger partial charge on any atom is 0.335 e. The van der Waals surface area contributed by atoms with Gasteiger partial charge in [-0.3, -0.25) is 0 Å². The summed E-state index contributed by atoms with van der Waals surface area (Å²) in [5, 5.41) is 9.14. The van der Waals surface area contributed by atoms with Crippen LogP contribution in [0.1, 0.15) is 21.5 Å². The van der Waals surface area contributed by atoms with Crippen molar-refractivity contribution in [3.05, 3.63) is 63.9 Å². The number of hydrogen-bond donors (Lipinski definition) is 1. The van der Waals surface area contributed by atoms with E-state index in [9.17, 15) is 9.18 Å². The molecule has 2 aromatic carbocycles. The van der Waals surface area contributed by atoms with Gasteiger partial charge in [0.2, 0.25) is 0 Å². The highest BCUT2D eigenvalue weighted by molar-refractivity contribution is 6.31. The Hall–Kier alpha value is -2.07. The zero-order valence-electron chi connectivity index (χ0n) is 10.7. The van der Waals surface area contributed by atoms with Gasteiger partial charge in [-0.15, -0.1) is 0 Å². The quantitative estimate of drug-likeness (QED) is 0.925. The first kappa shape index (κ1) is 14.3. The van der Waals surface area contributed by atoms with Gasteiger partial charge in [-0.2, -0.15) is 0 Å². The van der Waals surface area contributed by atoms with Gasteiger partial charge in [0.05, 0.1) is 5.56 Å². The van der Waals surface area contributed by atoms with Gasteiger partial charge in [-0.05, 0) is 30.7 Å². The van der Waals surface area contributed by atoms with Crippen molar-refractivity contribution in [2.45, 2.75) is 13.5 Å². The highest BCUT2D eigenvalue weighted by Gasteiger charge is 2.08. The molecule has 0 radical (unpaired) electrons. The Balaban J connectivity index is 2.10. The Morgan fingerprint density at radius 1 is 1.30 bits per heavy atom. The smallest absolute Gasteiger partial charge is 0.335 e. The number of carboxylic acids is 1. The topological polar surface area (TPSA) is 46.5 Å². The SMILES string of the molecule is Cc1ccc(OCc2ccc(C(=O)O)cc2Cl)cc1F. The van der Waals surface area contributed by atoms with Crippen LogP contribution in [0.5, 0.6) is 5.75 Å². The number of halogens is 2. The van der Waals surface area contributed by atoms with Gasteiger partial charge in [0, 0.05) is 16.7 Å². The van der Waals surface area contributed by atoms with Crippen LogP contribution in [0, 0.1) is 12.7 Å². The average Bonchev–Trinajstić information content (AvgIpc) is 2.41. The zero-order chi connectivity index (χ0) is 14.7. The molecule has 0 aromatic heterocycles. The van der Waals surface area contributed by atoms with Crippen molar-refractivity contribution < 1.29 is 19.0 Å². The zero-order valence-corrected chi connectivity index (χ0v) is 11.4. The lowest BCUT2D eigenvalue weighted by Crippen LogP contribution is -2.00. The summed E-state index contributed by atoms with van der Waals surface area (Å²) in [5.74, 6) is -0.985. The lowest BCUT2D eigenvalue weighted by Gasteiger charge is -2.09. The van der Waals surface area contributed by atoms with E-state index >= 15 is 0 Å². The summed E-state index contributed by atoms with van der Waals surface area (Å²) in [4.78, 5) is 10.8. The molecule has 2 aromatic rings. The van der Waals surface area contributed by atoms with E-state index in [4.69, 9.17) is 21.4 Å². The molecule has 0 bridgehead atoms. The van der Waals surface area contributed by atoms with Crippen LogP contribution in [0.3, 0.4) is 0 Å². The maximum absolute atomic E-state index is 13.4. The summed E-state index contributed by atoms with van der Waals surface area (Å²) in [5.41, 5.74) is 1.29. The van der Waals surface area contributed by atoms with Crippen LogP contribution in [0.15, 0.2) is 36.4 Å². The number of aromatic carboxylic acids is 1. The van der Waals surface area contributed by atoms with Gasteiger partial charge in [0.1, 0.15) is 18.2 Å². The number of rotatable bonds is 4. The van der Waals surface area contributed by atoms with Gasteiger partial charge in [-0.1, -0.05) is 23.7 Å². The largest absolute Gasteiger partial charge is 0.489 e. The first-order chi connectivity index (χ1) is 9.47. The summed E-state index contributed by atoms with van der Waals surface area (Å²) in [6.07, 6.45) is 0. The molecule has 3 nitrogen and oxygen atoms in total. The third-order valence-corrected chi connectivity index (χ3v) is 3.19. The molecule has 104 valence electrons. The number of aryl methyl sites for hydroxylation is 1. The summed E-state index contributed by atoms with van der Waals surface area (Å²) in [7, 11) is 0. The molecule has 0 heterocycles. The first-order valence-corrected chi connectivity index (χ1v) is 6.26. The van der Waals surface area contributed by atoms with Gasteiger partial charge in [0.25, 0.3) is 0 Å². The van der Waals surface area contributed by atoms with Crippen molar-refractivity contribution in [1.29, 1.82) is 0 Å². The molecule has 0 amide bonds. The molecule has 0 saturated carbocycles. The van der Waals surface area contributed by atoms with Crippen molar-refractivity contribution in [2.24, 2.45) is 0 Å². The minimum atomic E-state index is -1.04. The van der Waals surface area contributed by atoms with Crippen molar-refractivity contribution in [3.8, 4) is 5.75 Å². The van der Waals surface area contributed by atoms with Crippen LogP contribution in [-0.4, -0.2) is 11.1 Å². The second-order valence-electron chi connectivity index (χ2n) is 4.31. The molecular weight excluding hydrogens is 283 g/mol. The lowest BCUT2D eigenvalue weighted by atomic mass is 10.1. The van der Waals surface area contributed by atoms with Crippen LogP contribution in [0.4, 0.5) is 4.39 Å². The van der Waals surface area contributed by atoms with E-state index < -0.39 is 5.97 Å². The molecule has 5 heteroatoms. The number of benzene rings is 2. The predicted octanol–water partition coefficient (Wildman–Crippen LogP) is 4.06. The monoisotopic (exact) mass is 294 g/mol. The summed E-state index contributed by atoms with van der Waals surface area (Å²) < 4.78 is 18.8. The third-order valence-electron chi connectivity index (χ3n) is 2.84. The molecule has 0 saturated heterocycles. The number of carbonyl (C=O) groups is 1. The molecule has 20 heavy (non-hydrogen) atoms. The molecule has 0 aliphatic rings. The molecule has 0 unspecified atom stereocenters. The Kier molecular flexibility index (Phi) is 4.25. The standard InChI is InChI=1S/C15H12ClFO3/c1-9-2-5-12(7-14(9)17)20-8-11-4-3-10(15(18)19)6-13(11)16/h2-7H,8H2,1H3,(H,18,19). The molecule has 0 spiro atoms. The second kappa shape index (κ2) is 5.92. The fourth-order valence-corrected chi connectivity index (χ4v) is 1.86. The Bertz CT molecular complexity index is 656. The molecule has 0 aliphatic heterocycles. The Labute approximate surface area is 120 Å².